The van der Waals surface area contributed by atoms with E-state index in [-0.39, 0.29) is 47.6 Å². The van der Waals surface area contributed by atoms with Crippen LogP contribution in [0, 0.1) is 17.6 Å². The predicted molar refractivity (Wildman–Crippen MR) is 230 cm³/mol. The minimum Gasteiger partial charge on any atom is -0.369 e. The molecule has 1 atom stereocenters. The minimum atomic E-state index is -0.535. The van der Waals surface area contributed by atoms with E-state index < -0.39 is 5.92 Å². The van der Waals surface area contributed by atoms with Gasteiger partial charge < -0.3 is 19.3 Å². The van der Waals surface area contributed by atoms with Gasteiger partial charge in [0.1, 0.15) is 5.82 Å². The van der Waals surface area contributed by atoms with E-state index in [0.29, 0.717) is 92.3 Å². The van der Waals surface area contributed by atoms with Crippen molar-refractivity contribution in [2.24, 2.45) is 5.92 Å². The number of amides is 4. The number of fused-ring (bicyclic) bond motifs is 1. The van der Waals surface area contributed by atoms with Crippen molar-refractivity contribution in [1.82, 2.24) is 29.5 Å². The number of nitrogens with one attached hydrogen (secondary N) is 1. The molecular weight excluding hydrogens is 777 g/mol. The van der Waals surface area contributed by atoms with Gasteiger partial charge in [0.15, 0.2) is 5.82 Å². The van der Waals surface area contributed by atoms with Gasteiger partial charge in [0.05, 0.1) is 22.8 Å². The van der Waals surface area contributed by atoms with Crippen molar-refractivity contribution in [3.8, 4) is 11.1 Å². The zero-order valence-electron chi connectivity index (χ0n) is 34.7. The molecule has 5 aromatic rings. The summed E-state index contributed by atoms with van der Waals surface area (Å²) in [4.78, 5) is 56.3. The Morgan fingerprint density at radius 2 is 1.69 bits per heavy atom. The molecule has 1 unspecified atom stereocenters. The van der Waals surface area contributed by atoms with Crippen molar-refractivity contribution in [3.05, 3.63) is 113 Å². The normalized spacial score (nSPS) is 18.7. The number of nitrogens with zero attached hydrogens (tertiary/aromatic N) is 6. The molecule has 4 aliphatic rings. The van der Waals surface area contributed by atoms with Gasteiger partial charge in [-0.05, 0) is 103 Å². The Kier molecular flexibility index (Phi) is 11.1. The van der Waals surface area contributed by atoms with Crippen LogP contribution in [0.5, 0.6) is 0 Å². The molecule has 1 aliphatic carbocycles. The molecule has 5 heterocycles. The highest BCUT2D eigenvalue weighted by Crippen LogP contribution is 2.42. The van der Waals surface area contributed by atoms with E-state index in [1.54, 1.807) is 43.2 Å². The summed E-state index contributed by atoms with van der Waals surface area (Å²) in [5.41, 5.74) is 6.36. The van der Waals surface area contributed by atoms with Gasteiger partial charge in [-0.1, -0.05) is 36.4 Å². The van der Waals surface area contributed by atoms with E-state index in [4.69, 9.17) is 0 Å². The number of carbonyl (C=O) groups is 4. The molecular formula is C48H51F2N7O4. The Labute approximate surface area is 354 Å². The van der Waals surface area contributed by atoms with Gasteiger partial charge in [0, 0.05) is 95.1 Å². The lowest BCUT2D eigenvalue weighted by Crippen LogP contribution is -2.39. The smallest absolute Gasteiger partial charge is 0.253 e. The number of anilines is 1. The second kappa shape index (κ2) is 16.7. The van der Waals surface area contributed by atoms with Crippen molar-refractivity contribution >= 4 is 45.8 Å². The number of benzene rings is 3. The van der Waals surface area contributed by atoms with E-state index in [1.807, 2.05) is 23.2 Å². The lowest BCUT2D eigenvalue weighted by atomic mass is 9.87. The molecule has 3 aliphatic heterocycles. The zero-order valence-corrected chi connectivity index (χ0v) is 34.7. The van der Waals surface area contributed by atoms with Gasteiger partial charge in [-0.2, -0.15) is 5.10 Å². The quantitative estimate of drug-likeness (QED) is 0.138. The van der Waals surface area contributed by atoms with Gasteiger partial charge in [0.25, 0.3) is 5.91 Å². The summed E-state index contributed by atoms with van der Waals surface area (Å²) in [6, 6.07) is 18.8. The third-order valence-electron chi connectivity index (χ3n) is 12.9. The van der Waals surface area contributed by atoms with E-state index in [2.05, 4.69) is 50.2 Å². The Balaban J connectivity index is 0.979. The number of aryl methyl sites for hydroxylation is 1. The predicted octanol–water partition coefficient (Wildman–Crippen LogP) is 7.51. The third-order valence-corrected chi connectivity index (χ3v) is 12.9. The van der Waals surface area contributed by atoms with Crippen LogP contribution in [0.4, 0.5) is 14.5 Å². The standard InChI is InChI=1S/C48H51F2N7O4/c1-53(2)48(61)36-25-38(33-10-8-31(9-11-33)32-16-22-54(23-17-32)41-14-12-34(27-40(41)49)37-13-15-42(58)52-47(37)60)46-39(26-36)44(50)45(57(46)28-30-6-7-30)35-5-3-20-55(29-35)43(59)18-24-56-21-4-19-51-56/h4-5,8-12,14,19,21,25-27,30,32,37H,3,6-7,13,15-18,20,22-24,28-29H2,1-2H3,(H,52,58,60). The monoisotopic (exact) mass is 827 g/mol. The molecule has 3 aromatic carbocycles. The molecule has 13 heteroatoms. The van der Waals surface area contributed by atoms with Crippen molar-refractivity contribution in [3.63, 3.8) is 0 Å². The summed E-state index contributed by atoms with van der Waals surface area (Å²) in [6.45, 7) is 3.33. The van der Waals surface area contributed by atoms with E-state index in [9.17, 15) is 19.2 Å². The summed E-state index contributed by atoms with van der Waals surface area (Å²) >= 11 is 0. The van der Waals surface area contributed by atoms with Gasteiger partial charge >= 0.3 is 0 Å². The van der Waals surface area contributed by atoms with Crippen LogP contribution in [0.15, 0.2) is 79.1 Å². The van der Waals surface area contributed by atoms with E-state index in [1.165, 1.54) is 16.5 Å². The van der Waals surface area contributed by atoms with Crippen molar-refractivity contribution in [1.29, 1.82) is 0 Å². The summed E-state index contributed by atoms with van der Waals surface area (Å²) < 4.78 is 36.6. The number of hydrogen-bond acceptors (Lipinski definition) is 6. The number of halogens is 2. The number of imide groups is 1. The molecule has 61 heavy (non-hydrogen) atoms. The first-order chi connectivity index (χ1) is 29.5. The molecule has 2 saturated heterocycles. The largest absolute Gasteiger partial charge is 0.369 e. The van der Waals surface area contributed by atoms with Gasteiger partial charge in [-0.15, -0.1) is 0 Å². The van der Waals surface area contributed by atoms with Crippen LogP contribution in [0.3, 0.4) is 0 Å². The van der Waals surface area contributed by atoms with Gasteiger partial charge in [-0.25, -0.2) is 8.78 Å². The number of hydrogen-bond donors (Lipinski definition) is 1. The topological polar surface area (TPSA) is 113 Å². The highest BCUT2D eigenvalue weighted by Gasteiger charge is 2.33. The zero-order chi connectivity index (χ0) is 42.4. The maximum Gasteiger partial charge on any atom is 0.253 e. The van der Waals surface area contributed by atoms with Crippen molar-refractivity contribution < 1.29 is 28.0 Å². The average molecular weight is 828 g/mol. The molecule has 2 aromatic heterocycles. The first-order valence-corrected chi connectivity index (χ1v) is 21.5. The second-order valence-electron chi connectivity index (χ2n) is 17.3. The van der Waals surface area contributed by atoms with Crippen molar-refractivity contribution in [2.45, 2.75) is 76.3 Å². The highest BCUT2D eigenvalue weighted by molar-refractivity contribution is 6.05. The van der Waals surface area contributed by atoms with Crippen LogP contribution in [0.2, 0.25) is 0 Å². The molecule has 4 amide bonds. The fourth-order valence-corrected chi connectivity index (χ4v) is 9.43. The molecule has 316 valence electrons. The molecule has 9 rings (SSSR count). The lowest BCUT2D eigenvalue weighted by molar-refractivity contribution is -0.134. The van der Waals surface area contributed by atoms with Gasteiger partial charge in [-0.3, -0.25) is 29.2 Å². The molecule has 0 radical (unpaired) electrons. The molecule has 1 saturated carbocycles. The fourth-order valence-electron chi connectivity index (χ4n) is 9.43. The van der Waals surface area contributed by atoms with Crippen LogP contribution in [0.25, 0.3) is 27.6 Å². The van der Waals surface area contributed by atoms with E-state index in [0.717, 1.165) is 47.9 Å². The Hall–Kier alpha value is -6.11. The summed E-state index contributed by atoms with van der Waals surface area (Å²) in [6.07, 6.45) is 10.9. The molecule has 1 N–H and O–H groups in total. The minimum absolute atomic E-state index is 0.00420. The number of rotatable bonds is 11. The molecule has 11 nitrogen and oxygen atoms in total. The van der Waals surface area contributed by atoms with Crippen LogP contribution >= 0.6 is 0 Å². The second-order valence-corrected chi connectivity index (χ2v) is 17.3. The first-order valence-electron chi connectivity index (χ1n) is 21.5. The van der Waals surface area contributed by atoms with Crippen molar-refractivity contribution in [2.75, 3.05) is 45.2 Å². The molecule has 3 fully saturated rings. The van der Waals surface area contributed by atoms with Crippen LogP contribution in [-0.2, 0) is 27.5 Å². The van der Waals surface area contributed by atoms with Crippen LogP contribution in [0.1, 0.15) is 90.4 Å². The van der Waals surface area contributed by atoms with E-state index >= 15 is 8.78 Å². The van der Waals surface area contributed by atoms with Gasteiger partial charge in [0.2, 0.25) is 17.7 Å². The number of aromatic nitrogens is 3. The first kappa shape index (κ1) is 40.3. The number of piperidine rings is 2. The highest BCUT2D eigenvalue weighted by atomic mass is 19.1. The average Bonchev–Trinajstić information content (AvgIpc) is 3.85. The lowest BCUT2D eigenvalue weighted by Gasteiger charge is -2.34. The van der Waals surface area contributed by atoms with Crippen LogP contribution < -0.4 is 10.2 Å². The van der Waals surface area contributed by atoms with Crippen LogP contribution in [-0.4, -0.2) is 88.1 Å². The summed E-state index contributed by atoms with van der Waals surface area (Å²) in [5.74, 6) is -1.48. The third kappa shape index (κ3) is 8.22. The number of carbonyl (C=O) groups excluding carboxylic acids is 4. The summed E-state index contributed by atoms with van der Waals surface area (Å²) in [5, 5.41) is 6.98. The maximum absolute atomic E-state index is 17.2. The summed E-state index contributed by atoms with van der Waals surface area (Å²) in [7, 11) is 3.39. The molecule has 0 spiro atoms. The Morgan fingerprint density at radius 3 is 2.38 bits per heavy atom. The Morgan fingerprint density at radius 1 is 0.918 bits per heavy atom. The molecule has 0 bridgehead atoms. The SMILES string of the molecule is CN(C)C(=O)c1cc(-c2ccc(C3CCN(c4ccc(C5CCC(=O)NC5=O)cc4F)CC3)cc2)c2c(c1)c(F)c(C1=CCCN(C(=O)CCn3cccn3)C1)n2CC1CC1. The Bertz CT molecular complexity index is 2530. The maximum atomic E-state index is 17.2. The fraction of sp³-hybridized carbons (Fsp3) is 0.396.